The minimum atomic E-state index is -1.05. The Kier molecular flexibility index (Phi) is 4.80. The molecule has 0 radical (unpaired) electrons. The highest BCUT2D eigenvalue weighted by molar-refractivity contribution is 5.94. The third kappa shape index (κ3) is 4.91. The minimum Gasteiger partial charge on any atom is -0.480 e. The first-order valence-corrected chi connectivity index (χ1v) is 5.92. The number of carboxylic acids is 1. The number of aliphatic carboxylic acids is 1. The predicted octanol–water partition coefficient (Wildman–Crippen LogP) is 1.71. The molecule has 0 spiro atoms. The minimum absolute atomic E-state index is 0.439. The van der Waals surface area contributed by atoms with E-state index in [1.165, 1.54) is 6.08 Å². The number of amides is 1. The number of aromatic nitrogens is 1. The van der Waals surface area contributed by atoms with Crippen LogP contribution in [0.1, 0.15) is 26.3 Å². The van der Waals surface area contributed by atoms with Crippen LogP contribution in [0.5, 0.6) is 0 Å². The van der Waals surface area contributed by atoms with E-state index >= 15 is 0 Å². The van der Waals surface area contributed by atoms with Crippen molar-refractivity contribution in [3.63, 3.8) is 0 Å². The quantitative estimate of drug-likeness (QED) is 0.810. The van der Waals surface area contributed by atoms with Crippen LogP contribution in [0, 0.1) is 5.41 Å². The highest BCUT2D eigenvalue weighted by atomic mass is 16.4. The molecule has 0 unspecified atom stereocenters. The highest BCUT2D eigenvalue weighted by Gasteiger charge is 2.31. The fraction of sp³-hybridized carbons (Fsp3) is 0.357. The van der Waals surface area contributed by atoms with Gasteiger partial charge in [-0.2, -0.15) is 0 Å². The van der Waals surface area contributed by atoms with E-state index < -0.39 is 23.3 Å². The fourth-order valence-corrected chi connectivity index (χ4v) is 1.49. The smallest absolute Gasteiger partial charge is 0.326 e. The zero-order valence-electron chi connectivity index (χ0n) is 11.3. The van der Waals surface area contributed by atoms with Crippen molar-refractivity contribution in [1.29, 1.82) is 0 Å². The van der Waals surface area contributed by atoms with Crippen LogP contribution in [0.15, 0.2) is 30.6 Å². The molecule has 19 heavy (non-hydrogen) atoms. The van der Waals surface area contributed by atoms with Gasteiger partial charge in [-0.25, -0.2) is 4.79 Å². The zero-order chi connectivity index (χ0) is 14.5. The zero-order valence-corrected chi connectivity index (χ0v) is 11.3. The SMILES string of the molecule is CC(C)(C)[C@H](NC(=O)/C=C/c1cccnc1)C(=O)O. The lowest BCUT2D eigenvalue weighted by Crippen LogP contribution is -2.48. The van der Waals surface area contributed by atoms with Crippen LogP contribution in [0.3, 0.4) is 0 Å². The monoisotopic (exact) mass is 262 g/mol. The molecule has 0 aliphatic heterocycles. The van der Waals surface area contributed by atoms with Crippen LogP contribution >= 0.6 is 0 Å². The van der Waals surface area contributed by atoms with Crippen molar-refractivity contribution in [3.05, 3.63) is 36.2 Å². The van der Waals surface area contributed by atoms with Gasteiger partial charge in [-0.1, -0.05) is 26.8 Å². The molecule has 0 aliphatic carbocycles. The number of carbonyl (C=O) groups is 2. The Morgan fingerprint density at radius 3 is 2.58 bits per heavy atom. The molecule has 5 heteroatoms. The summed E-state index contributed by atoms with van der Waals surface area (Å²) in [7, 11) is 0. The van der Waals surface area contributed by atoms with Crippen molar-refractivity contribution in [2.45, 2.75) is 26.8 Å². The molecule has 0 aromatic carbocycles. The van der Waals surface area contributed by atoms with Crippen molar-refractivity contribution in [2.24, 2.45) is 5.41 Å². The van der Waals surface area contributed by atoms with Gasteiger partial charge in [0.15, 0.2) is 0 Å². The van der Waals surface area contributed by atoms with E-state index in [2.05, 4.69) is 10.3 Å². The molecule has 1 atom stereocenters. The average Bonchev–Trinajstić information content (AvgIpc) is 2.33. The van der Waals surface area contributed by atoms with Gasteiger partial charge in [0, 0.05) is 18.5 Å². The summed E-state index contributed by atoms with van der Waals surface area (Å²) in [6.45, 7) is 5.28. The number of nitrogens with zero attached hydrogens (tertiary/aromatic N) is 1. The summed E-state index contributed by atoms with van der Waals surface area (Å²) in [5.41, 5.74) is 0.226. The second-order valence-electron chi connectivity index (χ2n) is 5.27. The molecule has 1 rings (SSSR count). The topological polar surface area (TPSA) is 79.3 Å². The van der Waals surface area contributed by atoms with Gasteiger partial charge in [0.1, 0.15) is 6.04 Å². The molecule has 5 nitrogen and oxygen atoms in total. The van der Waals surface area contributed by atoms with E-state index in [0.29, 0.717) is 0 Å². The number of hydrogen-bond donors (Lipinski definition) is 2. The first-order valence-electron chi connectivity index (χ1n) is 5.92. The Labute approximate surface area is 112 Å². The van der Waals surface area contributed by atoms with Crippen LogP contribution < -0.4 is 5.32 Å². The number of carboxylic acid groups (broad SMARTS) is 1. The summed E-state index contributed by atoms with van der Waals surface area (Å²) in [6.07, 6.45) is 6.14. The molecule has 0 bridgehead atoms. The number of hydrogen-bond acceptors (Lipinski definition) is 3. The summed E-state index contributed by atoms with van der Waals surface area (Å²) in [6, 6.07) is 2.63. The second-order valence-corrected chi connectivity index (χ2v) is 5.27. The lowest BCUT2D eigenvalue weighted by molar-refractivity contribution is -0.144. The maximum absolute atomic E-state index is 11.7. The number of nitrogens with one attached hydrogen (secondary N) is 1. The van der Waals surface area contributed by atoms with Crippen LogP contribution in [-0.2, 0) is 9.59 Å². The molecular weight excluding hydrogens is 244 g/mol. The highest BCUT2D eigenvalue weighted by Crippen LogP contribution is 2.19. The molecule has 102 valence electrons. The molecule has 2 N–H and O–H groups in total. The Morgan fingerprint density at radius 1 is 1.42 bits per heavy atom. The van der Waals surface area contributed by atoms with Gasteiger partial charge in [-0.3, -0.25) is 9.78 Å². The Bertz CT molecular complexity index is 475. The summed E-state index contributed by atoms with van der Waals surface area (Å²) in [4.78, 5) is 26.7. The molecule has 1 aromatic rings. The van der Waals surface area contributed by atoms with E-state index in [0.717, 1.165) is 5.56 Å². The van der Waals surface area contributed by atoms with Gasteiger partial charge < -0.3 is 10.4 Å². The first-order chi connectivity index (χ1) is 8.80. The average molecular weight is 262 g/mol. The third-order valence-corrected chi connectivity index (χ3v) is 2.51. The molecule has 1 amide bonds. The van der Waals surface area contributed by atoms with Crippen molar-refractivity contribution in [1.82, 2.24) is 10.3 Å². The Balaban J connectivity index is 2.69. The van der Waals surface area contributed by atoms with Gasteiger partial charge in [-0.15, -0.1) is 0 Å². The van der Waals surface area contributed by atoms with E-state index in [4.69, 9.17) is 5.11 Å². The molecular formula is C14H18N2O3. The largest absolute Gasteiger partial charge is 0.480 e. The van der Waals surface area contributed by atoms with E-state index in [1.54, 1.807) is 51.4 Å². The van der Waals surface area contributed by atoms with Crippen molar-refractivity contribution in [2.75, 3.05) is 0 Å². The fourth-order valence-electron chi connectivity index (χ4n) is 1.49. The van der Waals surface area contributed by atoms with Crippen molar-refractivity contribution < 1.29 is 14.7 Å². The second kappa shape index (κ2) is 6.13. The molecule has 1 heterocycles. The number of carbonyl (C=O) groups excluding carboxylic acids is 1. The molecule has 1 aromatic heterocycles. The van der Waals surface area contributed by atoms with Crippen LogP contribution in [0.2, 0.25) is 0 Å². The Morgan fingerprint density at radius 2 is 2.11 bits per heavy atom. The summed E-state index contributed by atoms with van der Waals surface area (Å²) in [5.74, 6) is -1.48. The summed E-state index contributed by atoms with van der Waals surface area (Å²) < 4.78 is 0. The maximum atomic E-state index is 11.7. The number of rotatable bonds is 4. The van der Waals surface area contributed by atoms with Gasteiger partial charge in [0.05, 0.1) is 0 Å². The van der Waals surface area contributed by atoms with Crippen LogP contribution in [0.4, 0.5) is 0 Å². The molecule has 0 saturated heterocycles. The molecule has 0 fully saturated rings. The van der Waals surface area contributed by atoms with Crippen molar-refractivity contribution >= 4 is 18.0 Å². The van der Waals surface area contributed by atoms with E-state index in [-0.39, 0.29) is 0 Å². The number of pyridine rings is 1. The lowest BCUT2D eigenvalue weighted by Gasteiger charge is -2.27. The van der Waals surface area contributed by atoms with Gasteiger partial charge in [0.2, 0.25) is 5.91 Å². The standard InChI is InChI=1S/C14H18N2O3/c1-14(2,3)12(13(18)19)16-11(17)7-6-10-5-4-8-15-9-10/h4-9,12H,1-3H3,(H,16,17)(H,18,19)/b7-6+/t12-/m1/s1. The van der Waals surface area contributed by atoms with Crippen LogP contribution in [-0.4, -0.2) is 28.0 Å². The van der Waals surface area contributed by atoms with Gasteiger partial charge in [-0.05, 0) is 23.1 Å². The van der Waals surface area contributed by atoms with E-state index in [9.17, 15) is 9.59 Å². The third-order valence-electron chi connectivity index (χ3n) is 2.51. The molecule has 0 aliphatic rings. The maximum Gasteiger partial charge on any atom is 0.326 e. The van der Waals surface area contributed by atoms with E-state index in [1.807, 2.05) is 0 Å². The lowest BCUT2D eigenvalue weighted by atomic mass is 9.87. The van der Waals surface area contributed by atoms with Crippen molar-refractivity contribution in [3.8, 4) is 0 Å². The normalized spacial score (nSPS) is 13.2. The van der Waals surface area contributed by atoms with Crippen LogP contribution in [0.25, 0.3) is 6.08 Å². The molecule has 0 saturated carbocycles. The van der Waals surface area contributed by atoms with Gasteiger partial charge >= 0.3 is 5.97 Å². The summed E-state index contributed by atoms with van der Waals surface area (Å²) >= 11 is 0. The summed E-state index contributed by atoms with van der Waals surface area (Å²) in [5, 5.41) is 11.6. The Hall–Kier alpha value is -2.17. The first kappa shape index (κ1) is 14.9. The van der Waals surface area contributed by atoms with Gasteiger partial charge in [0.25, 0.3) is 0 Å². The predicted molar refractivity (Wildman–Crippen MR) is 72.3 cm³/mol.